The number of allylic oxidation sites excluding steroid dienone is 1. The Hall–Kier alpha value is -2.22. The first-order valence-electron chi connectivity index (χ1n) is 8.56. The first-order valence-corrected chi connectivity index (χ1v) is 10.1. The molecule has 0 spiro atoms. The van der Waals surface area contributed by atoms with Crippen molar-refractivity contribution in [3.05, 3.63) is 35.7 Å². The highest BCUT2D eigenvalue weighted by molar-refractivity contribution is 7.85. The Bertz CT molecular complexity index is 780. The SMILES string of the molecule is CCC(=O)NC[C@H]1CN(c2ccc(C3=CCS(=O)CC3)c(F)c2)C(=O)O1. The molecule has 6 nitrogen and oxygen atoms in total. The van der Waals surface area contributed by atoms with Crippen LogP contribution in [0, 0.1) is 5.82 Å². The van der Waals surface area contributed by atoms with Crippen LogP contribution >= 0.6 is 0 Å². The van der Waals surface area contributed by atoms with Gasteiger partial charge in [-0.05, 0) is 30.2 Å². The average Bonchev–Trinajstić information content (AvgIpc) is 3.01. The molecule has 1 saturated heterocycles. The van der Waals surface area contributed by atoms with Gasteiger partial charge in [0.25, 0.3) is 0 Å². The number of carbonyl (C=O) groups excluding carboxylic acids is 2. The van der Waals surface area contributed by atoms with Crippen LogP contribution in [0.5, 0.6) is 0 Å². The normalized spacial score (nSPS) is 22.8. The number of nitrogens with zero attached hydrogens (tertiary/aromatic N) is 1. The van der Waals surface area contributed by atoms with Crippen molar-refractivity contribution in [1.29, 1.82) is 0 Å². The number of hydrogen-bond acceptors (Lipinski definition) is 4. The van der Waals surface area contributed by atoms with Crippen LogP contribution in [0.1, 0.15) is 25.3 Å². The highest BCUT2D eigenvalue weighted by atomic mass is 32.2. The molecule has 1 aromatic rings. The number of ether oxygens (including phenoxy) is 1. The Labute approximate surface area is 153 Å². The molecule has 8 heteroatoms. The average molecular weight is 380 g/mol. The lowest BCUT2D eigenvalue weighted by molar-refractivity contribution is -0.121. The van der Waals surface area contributed by atoms with Gasteiger partial charge in [-0.15, -0.1) is 0 Å². The second-order valence-corrected chi connectivity index (χ2v) is 7.85. The molecule has 1 unspecified atom stereocenters. The van der Waals surface area contributed by atoms with Crippen molar-refractivity contribution >= 4 is 34.1 Å². The number of carbonyl (C=O) groups is 2. The van der Waals surface area contributed by atoms with Crippen LogP contribution in [0.4, 0.5) is 14.9 Å². The molecule has 2 heterocycles. The molecule has 3 rings (SSSR count). The van der Waals surface area contributed by atoms with Gasteiger partial charge in [-0.1, -0.05) is 13.0 Å². The fourth-order valence-corrected chi connectivity index (χ4v) is 3.97. The summed E-state index contributed by atoms with van der Waals surface area (Å²) < 4.78 is 31.2. The van der Waals surface area contributed by atoms with Gasteiger partial charge < -0.3 is 10.1 Å². The van der Waals surface area contributed by atoms with E-state index >= 15 is 0 Å². The predicted octanol–water partition coefficient (Wildman–Crippen LogP) is 2.21. The van der Waals surface area contributed by atoms with Crippen molar-refractivity contribution < 1.29 is 22.9 Å². The summed E-state index contributed by atoms with van der Waals surface area (Å²) in [5, 5.41) is 2.68. The van der Waals surface area contributed by atoms with Crippen LogP contribution in [0.2, 0.25) is 0 Å². The number of halogens is 1. The molecule has 26 heavy (non-hydrogen) atoms. The topological polar surface area (TPSA) is 75.7 Å². The summed E-state index contributed by atoms with van der Waals surface area (Å²) >= 11 is 0. The van der Waals surface area contributed by atoms with Crippen molar-refractivity contribution in [2.45, 2.75) is 25.9 Å². The first kappa shape index (κ1) is 18.6. The number of hydrogen-bond donors (Lipinski definition) is 1. The Balaban J connectivity index is 1.70. The van der Waals surface area contributed by atoms with Crippen molar-refractivity contribution in [1.82, 2.24) is 5.32 Å². The predicted molar refractivity (Wildman–Crippen MR) is 97.8 cm³/mol. The fraction of sp³-hybridized carbons (Fsp3) is 0.444. The van der Waals surface area contributed by atoms with E-state index in [2.05, 4.69) is 5.32 Å². The van der Waals surface area contributed by atoms with E-state index in [1.54, 1.807) is 19.1 Å². The Kier molecular flexibility index (Phi) is 5.70. The van der Waals surface area contributed by atoms with Gasteiger partial charge in [-0.3, -0.25) is 13.9 Å². The molecule has 0 aliphatic carbocycles. The van der Waals surface area contributed by atoms with Crippen LogP contribution in [-0.2, 0) is 20.3 Å². The van der Waals surface area contributed by atoms with Gasteiger partial charge in [0.15, 0.2) is 0 Å². The van der Waals surface area contributed by atoms with E-state index in [9.17, 15) is 18.2 Å². The number of anilines is 1. The van der Waals surface area contributed by atoms with Gasteiger partial charge in [0, 0.05) is 34.3 Å². The molecule has 1 fully saturated rings. The lowest BCUT2D eigenvalue weighted by Gasteiger charge is -2.17. The summed E-state index contributed by atoms with van der Waals surface area (Å²) in [5.74, 6) is 0.449. The molecule has 0 bridgehead atoms. The van der Waals surface area contributed by atoms with Crippen molar-refractivity contribution in [3.8, 4) is 0 Å². The smallest absolute Gasteiger partial charge is 0.414 e. The maximum Gasteiger partial charge on any atom is 0.414 e. The molecule has 2 aliphatic heterocycles. The standard InChI is InChI=1S/C18H21FN2O4S/c1-2-17(22)20-10-14-11-21(18(23)25-14)13-3-4-15(16(19)9-13)12-5-7-26(24)8-6-12/h3-5,9,14H,2,6-8,10-11H2,1H3,(H,20,22)/t14-,26?/m0/s1. The molecule has 2 atom stereocenters. The molecule has 1 aromatic carbocycles. The third kappa shape index (κ3) is 4.12. The fourth-order valence-electron chi connectivity index (χ4n) is 2.97. The summed E-state index contributed by atoms with van der Waals surface area (Å²) in [6.45, 7) is 2.23. The number of benzene rings is 1. The monoisotopic (exact) mass is 380 g/mol. The maximum absolute atomic E-state index is 14.6. The van der Waals surface area contributed by atoms with Crippen molar-refractivity contribution in [3.63, 3.8) is 0 Å². The molecule has 0 saturated carbocycles. The molecule has 0 aromatic heterocycles. The molecular formula is C18H21FN2O4S. The van der Waals surface area contributed by atoms with Crippen LogP contribution in [-0.4, -0.2) is 46.9 Å². The summed E-state index contributed by atoms with van der Waals surface area (Å²) in [4.78, 5) is 24.7. The molecule has 140 valence electrons. The van der Waals surface area contributed by atoms with E-state index in [4.69, 9.17) is 4.74 Å². The van der Waals surface area contributed by atoms with E-state index in [-0.39, 0.29) is 19.0 Å². The van der Waals surface area contributed by atoms with E-state index in [0.717, 1.165) is 5.57 Å². The highest BCUT2D eigenvalue weighted by Gasteiger charge is 2.33. The van der Waals surface area contributed by atoms with E-state index in [1.165, 1.54) is 11.0 Å². The number of rotatable bonds is 5. The zero-order valence-corrected chi connectivity index (χ0v) is 15.3. The third-order valence-corrected chi connectivity index (χ3v) is 5.65. The van der Waals surface area contributed by atoms with Crippen molar-refractivity contribution in [2.75, 3.05) is 29.5 Å². The van der Waals surface area contributed by atoms with Gasteiger partial charge in [-0.25, -0.2) is 9.18 Å². The maximum atomic E-state index is 14.6. The van der Waals surface area contributed by atoms with Crippen LogP contribution < -0.4 is 10.2 Å². The number of cyclic esters (lactones) is 1. The minimum absolute atomic E-state index is 0.114. The first-order chi connectivity index (χ1) is 12.5. The lowest BCUT2D eigenvalue weighted by atomic mass is 10.0. The van der Waals surface area contributed by atoms with Gasteiger partial charge in [-0.2, -0.15) is 0 Å². The summed E-state index contributed by atoms with van der Waals surface area (Å²) in [7, 11) is -0.861. The van der Waals surface area contributed by atoms with Crippen LogP contribution in [0.15, 0.2) is 24.3 Å². The van der Waals surface area contributed by atoms with E-state index < -0.39 is 28.8 Å². The molecular weight excluding hydrogens is 359 g/mol. The minimum Gasteiger partial charge on any atom is -0.442 e. The minimum atomic E-state index is -0.861. The molecule has 2 aliphatic rings. The quantitative estimate of drug-likeness (QED) is 0.850. The third-order valence-electron chi connectivity index (χ3n) is 4.45. The van der Waals surface area contributed by atoms with Gasteiger partial charge >= 0.3 is 6.09 Å². The zero-order chi connectivity index (χ0) is 18.7. The second kappa shape index (κ2) is 7.99. The lowest BCUT2D eigenvalue weighted by Crippen LogP contribution is -2.34. The van der Waals surface area contributed by atoms with Crippen molar-refractivity contribution in [2.24, 2.45) is 0 Å². The Morgan fingerprint density at radius 1 is 1.46 bits per heavy atom. The molecule has 0 radical (unpaired) electrons. The summed E-state index contributed by atoms with van der Waals surface area (Å²) in [6.07, 6.45) is 1.74. The zero-order valence-electron chi connectivity index (χ0n) is 14.5. The number of nitrogens with one attached hydrogen (secondary N) is 1. The summed E-state index contributed by atoms with van der Waals surface area (Å²) in [6, 6.07) is 4.64. The molecule has 1 N–H and O–H groups in total. The summed E-state index contributed by atoms with van der Waals surface area (Å²) in [5.41, 5.74) is 1.74. The highest BCUT2D eigenvalue weighted by Crippen LogP contribution is 2.29. The number of amides is 2. The van der Waals surface area contributed by atoms with Gasteiger partial charge in [0.2, 0.25) is 5.91 Å². The molecule has 2 amide bonds. The van der Waals surface area contributed by atoms with Gasteiger partial charge in [0.1, 0.15) is 11.9 Å². The van der Waals surface area contributed by atoms with E-state index in [1.807, 2.05) is 6.08 Å². The van der Waals surface area contributed by atoms with Crippen LogP contribution in [0.25, 0.3) is 5.57 Å². The largest absolute Gasteiger partial charge is 0.442 e. The Morgan fingerprint density at radius 2 is 2.27 bits per heavy atom. The Morgan fingerprint density at radius 3 is 2.92 bits per heavy atom. The second-order valence-electron chi connectivity index (χ2n) is 6.23. The van der Waals surface area contributed by atoms with Gasteiger partial charge in [0.05, 0.1) is 18.8 Å². The van der Waals surface area contributed by atoms with Crippen LogP contribution in [0.3, 0.4) is 0 Å². The van der Waals surface area contributed by atoms with E-state index in [0.29, 0.717) is 35.6 Å².